The first-order chi connectivity index (χ1) is 14.7. The van der Waals surface area contributed by atoms with Crippen molar-refractivity contribution < 1.29 is 17.9 Å². The normalized spacial score (nSPS) is 12.1. The van der Waals surface area contributed by atoms with Gasteiger partial charge in [-0.15, -0.1) is 0 Å². The number of hydrogen-bond acceptors (Lipinski definition) is 6. The smallest absolute Gasteiger partial charge is 0.265 e. The summed E-state index contributed by atoms with van der Waals surface area (Å²) in [5, 5.41) is 2.73. The Hall–Kier alpha value is -3.46. The summed E-state index contributed by atoms with van der Waals surface area (Å²) in [6.07, 6.45) is 0.740. The summed E-state index contributed by atoms with van der Waals surface area (Å²) in [4.78, 5) is 20.4. The van der Waals surface area contributed by atoms with Crippen molar-refractivity contribution in [1.29, 1.82) is 0 Å². The molecule has 0 aliphatic carbocycles. The molecular formula is C22H24N4O4S. The van der Waals surface area contributed by atoms with E-state index in [4.69, 9.17) is 4.74 Å². The molecule has 0 aliphatic rings. The van der Waals surface area contributed by atoms with E-state index in [1.807, 2.05) is 32.0 Å². The lowest BCUT2D eigenvalue weighted by Crippen LogP contribution is -2.30. The van der Waals surface area contributed by atoms with Crippen LogP contribution in [0.2, 0.25) is 0 Å². The van der Waals surface area contributed by atoms with Crippen LogP contribution in [0.1, 0.15) is 23.7 Å². The Morgan fingerprint density at radius 1 is 1.03 bits per heavy atom. The average molecular weight is 441 g/mol. The lowest BCUT2D eigenvalue weighted by molar-refractivity contribution is -0.122. The van der Waals surface area contributed by atoms with E-state index in [1.54, 1.807) is 19.9 Å². The molecule has 3 aromatic rings. The summed E-state index contributed by atoms with van der Waals surface area (Å²) in [5.41, 5.74) is 3.14. The molecule has 2 aromatic carbocycles. The second-order valence-electron chi connectivity index (χ2n) is 7.10. The van der Waals surface area contributed by atoms with Gasteiger partial charge in [-0.05, 0) is 75.2 Å². The monoisotopic (exact) mass is 440 g/mol. The van der Waals surface area contributed by atoms with Crippen molar-refractivity contribution in [3.63, 3.8) is 0 Å². The predicted molar refractivity (Wildman–Crippen MR) is 119 cm³/mol. The first kappa shape index (κ1) is 22.2. The molecule has 162 valence electrons. The van der Waals surface area contributed by atoms with Crippen LogP contribution < -0.4 is 14.8 Å². The second-order valence-corrected chi connectivity index (χ2v) is 8.78. The van der Waals surface area contributed by atoms with Gasteiger partial charge in [0.05, 0.1) is 4.90 Å². The summed E-state index contributed by atoms with van der Waals surface area (Å²) in [7, 11) is -3.85. The number of carbonyl (C=O) groups excluding carboxylic acids is 1. The molecule has 3 rings (SSSR count). The molecule has 1 aromatic heterocycles. The summed E-state index contributed by atoms with van der Waals surface area (Å²) in [6, 6.07) is 13.1. The molecule has 1 heterocycles. The molecule has 0 saturated heterocycles. The standard InChI is InChI=1S/C22H24N4O4S/c1-14-6-5-7-20(16(14)3)30-17(4)21(27)25-18-8-10-19(11-9-18)31(28,29)26-22-23-13-12-15(2)24-22/h5-13,17H,1-4H3,(H,25,27)(H,23,24,26)/t17-/m1/s1. The molecule has 9 heteroatoms. The number of benzene rings is 2. The maximum Gasteiger partial charge on any atom is 0.265 e. The Kier molecular flexibility index (Phi) is 6.55. The van der Waals surface area contributed by atoms with Crippen LogP contribution in [0.5, 0.6) is 5.75 Å². The zero-order valence-electron chi connectivity index (χ0n) is 17.7. The fourth-order valence-corrected chi connectivity index (χ4v) is 3.69. The topological polar surface area (TPSA) is 110 Å². The number of amides is 1. The Bertz CT molecular complexity index is 1190. The molecule has 0 spiro atoms. The third kappa shape index (κ3) is 5.58. The minimum atomic E-state index is -3.85. The molecule has 1 atom stereocenters. The molecular weight excluding hydrogens is 416 g/mol. The molecule has 0 radical (unpaired) electrons. The number of anilines is 2. The predicted octanol–water partition coefficient (Wildman–Crippen LogP) is 3.61. The highest BCUT2D eigenvalue weighted by Crippen LogP contribution is 2.22. The fourth-order valence-electron chi connectivity index (χ4n) is 2.73. The van der Waals surface area contributed by atoms with Crippen molar-refractivity contribution in [2.45, 2.75) is 38.7 Å². The minimum Gasteiger partial charge on any atom is -0.481 e. The molecule has 8 nitrogen and oxygen atoms in total. The zero-order chi connectivity index (χ0) is 22.6. The van der Waals surface area contributed by atoms with Gasteiger partial charge in [0, 0.05) is 17.6 Å². The van der Waals surface area contributed by atoms with Crippen molar-refractivity contribution >= 4 is 27.6 Å². The highest BCUT2D eigenvalue weighted by Gasteiger charge is 2.18. The van der Waals surface area contributed by atoms with Gasteiger partial charge in [0.15, 0.2) is 6.10 Å². The number of nitrogens with zero attached hydrogens (tertiary/aromatic N) is 2. The third-order valence-corrected chi connectivity index (χ3v) is 6.02. The van der Waals surface area contributed by atoms with Gasteiger partial charge in [0.2, 0.25) is 5.95 Å². The second kappa shape index (κ2) is 9.13. The van der Waals surface area contributed by atoms with Crippen LogP contribution in [0, 0.1) is 20.8 Å². The number of nitrogens with one attached hydrogen (secondary N) is 2. The highest BCUT2D eigenvalue weighted by atomic mass is 32.2. The van der Waals surface area contributed by atoms with Crippen LogP contribution in [0.25, 0.3) is 0 Å². The van der Waals surface area contributed by atoms with Crippen molar-refractivity contribution in [2.24, 2.45) is 0 Å². The summed E-state index contributed by atoms with van der Waals surface area (Å²) in [6.45, 7) is 7.30. The minimum absolute atomic E-state index is 0.00482. The van der Waals surface area contributed by atoms with E-state index >= 15 is 0 Å². The largest absolute Gasteiger partial charge is 0.481 e. The summed E-state index contributed by atoms with van der Waals surface area (Å²) in [5.74, 6) is 0.297. The lowest BCUT2D eigenvalue weighted by atomic mass is 10.1. The van der Waals surface area contributed by atoms with Crippen LogP contribution in [0.15, 0.2) is 59.6 Å². The van der Waals surface area contributed by atoms with Crippen LogP contribution >= 0.6 is 0 Å². The highest BCUT2D eigenvalue weighted by molar-refractivity contribution is 7.92. The number of carbonyl (C=O) groups is 1. The maximum absolute atomic E-state index is 12.5. The van der Waals surface area contributed by atoms with Crippen molar-refractivity contribution in [3.8, 4) is 5.75 Å². The van der Waals surface area contributed by atoms with E-state index in [1.165, 1.54) is 30.5 Å². The van der Waals surface area contributed by atoms with Gasteiger partial charge in [-0.25, -0.2) is 23.1 Å². The van der Waals surface area contributed by atoms with Crippen molar-refractivity contribution in [1.82, 2.24) is 9.97 Å². The molecule has 0 fully saturated rings. The Labute approximate surface area is 181 Å². The van der Waals surface area contributed by atoms with E-state index in [9.17, 15) is 13.2 Å². The van der Waals surface area contributed by atoms with Gasteiger partial charge in [0.1, 0.15) is 5.75 Å². The Morgan fingerprint density at radius 3 is 2.42 bits per heavy atom. The first-order valence-corrected chi connectivity index (χ1v) is 11.1. The van der Waals surface area contributed by atoms with Crippen molar-refractivity contribution in [2.75, 3.05) is 10.0 Å². The zero-order valence-corrected chi connectivity index (χ0v) is 18.5. The molecule has 0 aliphatic heterocycles. The first-order valence-electron chi connectivity index (χ1n) is 9.62. The fraction of sp³-hybridized carbons (Fsp3) is 0.227. The molecule has 31 heavy (non-hydrogen) atoms. The van der Waals surface area contributed by atoms with Crippen LogP contribution in [0.3, 0.4) is 0 Å². The molecule has 0 unspecified atom stereocenters. The number of sulfonamides is 1. The number of hydrogen-bond donors (Lipinski definition) is 2. The van der Waals surface area contributed by atoms with Gasteiger partial charge in [0.25, 0.3) is 15.9 Å². The number of rotatable bonds is 7. The van der Waals surface area contributed by atoms with Gasteiger partial charge in [-0.3, -0.25) is 4.79 Å². The van der Waals surface area contributed by atoms with E-state index in [0.717, 1.165) is 11.1 Å². The number of aromatic nitrogens is 2. The summed E-state index contributed by atoms with van der Waals surface area (Å²) < 4.78 is 33.2. The maximum atomic E-state index is 12.5. The van der Waals surface area contributed by atoms with Gasteiger partial charge < -0.3 is 10.1 Å². The Balaban J connectivity index is 1.65. The number of ether oxygens (including phenoxy) is 1. The van der Waals surface area contributed by atoms with Crippen LogP contribution in [0.4, 0.5) is 11.6 Å². The molecule has 0 bridgehead atoms. The third-order valence-electron chi connectivity index (χ3n) is 4.68. The van der Waals surface area contributed by atoms with Crippen molar-refractivity contribution in [3.05, 3.63) is 71.5 Å². The van der Waals surface area contributed by atoms with E-state index in [2.05, 4.69) is 20.0 Å². The van der Waals surface area contributed by atoms with E-state index in [-0.39, 0.29) is 16.8 Å². The number of aryl methyl sites for hydroxylation is 2. The summed E-state index contributed by atoms with van der Waals surface area (Å²) >= 11 is 0. The van der Waals surface area contributed by atoms with Crippen LogP contribution in [-0.4, -0.2) is 30.4 Å². The molecule has 0 saturated carbocycles. The Morgan fingerprint density at radius 2 is 1.74 bits per heavy atom. The quantitative estimate of drug-likeness (QED) is 0.581. The van der Waals surface area contributed by atoms with Gasteiger partial charge >= 0.3 is 0 Å². The SMILES string of the molecule is Cc1ccnc(NS(=O)(=O)c2ccc(NC(=O)[C@@H](C)Oc3cccc(C)c3C)cc2)n1. The van der Waals surface area contributed by atoms with Crippen LogP contribution in [-0.2, 0) is 14.8 Å². The van der Waals surface area contributed by atoms with E-state index in [0.29, 0.717) is 17.1 Å². The lowest BCUT2D eigenvalue weighted by Gasteiger charge is -2.17. The average Bonchev–Trinajstić information content (AvgIpc) is 2.71. The molecule has 1 amide bonds. The molecule has 2 N–H and O–H groups in total. The van der Waals surface area contributed by atoms with Gasteiger partial charge in [-0.1, -0.05) is 12.1 Å². The van der Waals surface area contributed by atoms with Gasteiger partial charge in [-0.2, -0.15) is 0 Å². The van der Waals surface area contributed by atoms with E-state index < -0.39 is 16.1 Å².